The summed E-state index contributed by atoms with van der Waals surface area (Å²) < 4.78 is 17.6. The van der Waals surface area contributed by atoms with Gasteiger partial charge in [0.05, 0.1) is 41.2 Å². The lowest BCUT2D eigenvalue weighted by atomic mass is 10.1. The molecule has 0 unspecified atom stereocenters. The zero-order valence-corrected chi connectivity index (χ0v) is 37.9. The standard InChI is InChI=1S/C28H30N6O3.C23H22N6O/c1-17-26-25(34-33-17)10-9-23(32-26)19-12-21(15-29-13-19)36-16-20(31-27(35)37-28(2,3)4)11-18-14-30-24-8-6-5-7-22(18)24;1-14-23-22(29-28-14)7-6-20(27-23)16-9-18(12-25-10-16)30-13-17(24)8-15-11-26-21-5-3-2-4-19(15)21/h5-10,12-15,20,30H,11,16H2,1-4H3,(H,31,35)(H,33,34);2-7,9-12,17,26H,8,13,24H2,1H3,(H,28,29)/t20-;17-/m00/s1. The zero-order chi connectivity index (χ0) is 46.5. The summed E-state index contributed by atoms with van der Waals surface area (Å²) >= 11 is 0. The van der Waals surface area contributed by atoms with Crippen molar-refractivity contribution in [3.8, 4) is 34.0 Å². The Bertz CT molecular complexity index is 3310. The number of pyridine rings is 4. The van der Waals surface area contributed by atoms with E-state index in [2.05, 4.69) is 63.8 Å². The van der Waals surface area contributed by atoms with Gasteiger partial charge in [-0.05, 0) is 107 Å². The number of alkyl carbamates (subject to hydrolysis) is 1. The Labute approximate surface area is 386 Å². The summed E-state index contributed by atoms with van der Waals surface area (Å²) in [6.45, 7) is 10.0. The van der Waals surface area contributed by atoms with Crippen LogP contribution in [-0.2, 0) is 17.6 Å². The van der Waals surface area contributed by atoms with Crippen LogP contribution in [0.3, 0.4) is 0 Å². The number of H-pyrrole nitrogens is 4. The van der Waals surface area contributed by atoms with Crippen LogP contribution in [0.4, 0.5) is 4.79 Å². The monoisotopic (exact) mass is 896 g/mol. The van der Waals surface area contributed by atoms with E-state index in [4.69, 9.17) is 29.9 Å². The number of amides is 1. The fourth-order valence-electron chi connectivity index (χ4n) is 7.86. The predicted molar refractivity (Wildman–Crippen MR) is 260 cm³/mol. The van der Waals surface area contributed by atoms with E-state index in [1.54, 1.807) is 24.8 Å². The minimum absolute atomic E-state index is 0.129. The summed E-state index contributed by atoms with van der Waals surface area (Å²) in [7, 11) is 0. The first-order valence-electron chi connectivity index (χ1n) is 22.1. The topological polar surface area (TPSA) is 223 Å². The molecule has 0 aliphatic carbocycles. The van der Waals surface area contributed by atoms with Crippen molar-refractivity contribution in [2.75, 3.05) is 13.2 Å². The number of aromatic nitrogens is 10. The Morgan fingerprint density at radius 1 is 0.672 bits per heavy atom. The molecule has 8 heterocycles. The molecule has 0 spiro atoms. The number of rotatable bonds is 13. The van der Waals surface area contributed by atoms with E-state index in [0.29, 0.717) is 24.5 Å². The fourth-order valence-corrected chi connectivity index (χ4v) is 7.86. The number of hydrogen-bond donors (Lipinski definition) is 6. The van der Waals surface area contributed by atoms with Crippen LogP contribution in [0.25, 0.3) is 66.4 Å². The van der Waals surface area contributed by atoms with Crippen molar-refractivity contribution < 1.29 is 19.0 Å². The quantitative estimate of drug-likeness (QED) is 0.0640. The highest BCUT2D eigenvalue weighted by Gasteiger charge is 2.22. The molecule has 0 aliphatic heterocycles. The number of benzene rings is 2. The molecule has 0 saturated heterocycles. The van der Waals surface area contributed by atoms with Gasteiger partial charge in [-0.1, -0.05) is 36.4 Å². The van der Waals surface area contributed by atoms with E-state index >= 15 is 0 Å². The lowest BCUT2D eigenvalue weighted by Gasteiger charge is -2.24. The first-order valence-corrected chi connectivity index (χ1v) is 22.1. The molecule has 16 nitrogen and oxygen atoms in total. The van der Waals surface area contributed by atoms with Crippen LogP contribution in [0, 0.1) is 13.8 Å². The van der Waals surface area contributed by atoms with Crippen molar-refractivity contribution in [3.05, 3.63) is 145 Å². The first-order chi connectivity index (χ1) is 32.4. The van der Waals surface area contributed by atoms with E-state index in [-0.39, 0.29) is 18.7 Å². The maximum absolute atomic E-state index is 12.6. The van der Waals surface area contributed by atoms with Crippen molar-refractivity contribution in [1.82, 2.24) is 55.6 Å². The third-order valence-electron chi connectivity index (χ3n) is 11.1. The second-order valence-electron chi connectivity index (χ2n) is 17.5. The normalized spacial score (nSPS) is 12.5. The van der Waals surface area contributed by atoms with Crippen molar-refractivity contribution in [2.24, 2.45) is 5.73 Å². The molecule has 0 saturated carbocycles. The Morgan fingerprint density at radius 3 is 1.72 bits per heavy atom. The van der Waals surface area contributed by atoms with E-state index in [9.17, 15) is 4.79 Å². The van der Waals surface area contributed by atoms with Gasteiger partial charge in [0.1, 0.15) is 52.4 Å². The number of hydrogen-bond acceptors (Lipinski definition) is 11. The summed E-state index contributed by atoms with van der Waals surface area (Å²) in [5, 5.41) is 19.7. The third kappa shape index (κ3) is 10.6. The molecule has 340 valence electrons. The van der Waals surface area contributed by atoms with Crippen molar-refractivity contribution in [3.63, 3.8) is 0 Å². The van der Waals surface area contributed by atoms with Gasteiger partial charge in [0.25, 0.3) is 0 Å². The Balaban J connectivity index is 0.000000171. The Kier molecular flexibility index (Phi) is 12.6. The zero-order valence-electron chi connectivity index (χ0n) is 37.9. The van der Waals surface area contributed by atoms with Gasteiger partial charge < -0.3 is 35.2 Å². The number of carbonyl (C=O) groups is 1. The van der Waals surface area contributed by atoms with Crippen LogP contribution < -0.4 is 20.5 Å². The van der Waals surface area contributed by atoms with E-state index in [0.717, 1.165) is 84.4 Å². The molecule has 0 bridgehead atoms. The summed E-state index contributed by atoms with van der Waals surface area (Å²) in [4.78, 5) is 37.3. The molecule has 0 aliphatic rings. The molecule has 8 aromatic heterocycles. The molecule has 10 rings (SSSR count). The molecule has 2 atom stereocenters. The SMILES string of the molecule is Cc1[nH]nc2ccc(-c3cncc(OC[C@@H](N)Cc4c[nH]c5ccccc45)c3)nc12.Cc1[nH]nc2ccc(-c3cncc(OC[C@H](Cc4c[nH]c5ccccc45)NC(=O)OC(C)(C)C)c3)nc12. The van der Waals surface area contributed by atoms with Gasteiger partial charge in [0, 0.05) is 63.8 Å². The van der Waals surface area contributed by atoms with E-state index in [1.165, 1.54) is 10.9 Å². The molecule has 1 amide bonds. The number of aryl methyl sites for hydroxylation is 2. The first kappa shape index (κ1) is 44.1. The number of nitrogens with one attached hydrogen (secondary N) is 5. The lowest BCUT2D eigenvalue weighted by Crippen LogP contribution is -2.43. The van der Waals surface area contributed by atoms with Gasteiger partial charge in [-0.3, -0.25) is 20.2 Å². The summed E-state index contributed by atoms with van der Waals surface area (Å²) in [5.74, 6) is 1.26. The van der Waals surface area contributed by atoms with Gasteiger partial charge in [-0.25, -0.2) is 14.8 Å². The highest BCUT2D eigenvalue weighted by atomic mass is 16.6. The molecule has 0 radical (unpaired) electrons. The summed E-state index contributed by atoms with van der Waals surface area (Å²) in [5.41, 5.74) is 18.7. The number of nitrogens with two attached hydrogens (primary N) is 1. The van der Waals surface area contributed by atoms with Crippen molar-refractivity contribution >= 4 is 50.0 Å². The minimum atomic E-state index is -0.601. The van der Waals surface area contributed by atoms with Crippen LogP contribution in [0.15, 0.2) is 122 Å². The molecule has 10 aromatic rings. The molecule has 2 aromatic carbocycles. The second kappa shape index (κ2) is 19.2. The maximum Gasteiger partial charge on any atom is 0.408 e. The van der Waals surface area contributed by atoms with Crippen LogP contribution in [-0.4, -0.2) is 87.3 Å². The Hall–Kier alpha value is -8.11. The number of fused-ring (bicyclic) bond motifs is 4. The van der Waals surface area contributed by atoms with Gasteiger partial charge in [-0.15, -0.1) is 0 Å². The largest absolute Gasteiger partial charge is 0.490 e. The van der Waals surface area contributed by atoms with E-state index in [1.807, 2.05) is 114 Å². The van der Waals surface area contributed by atoms with E-state index < -0.39 is 11.7 Å². The molecule has 16 heteroatoms. The van der Waals surface area contributed by atoms with Crippen LogP contribution in [0.5, 0.6) is 11.5 Å². The van der Waals surface area contributed by atoms with Crippen molar-refractivity contribution in [1.29, 1.82) is 0 Å². The van der Waals surface area contributed by atoms with Crippen LogP contribution in [0.2, 0.25) is 0 Å². The molecule has 7 N–H and O–H groups in total. The smallest absolute Gasteiger partial charge is 0.408 e. The van der Waals surface area contributed by atoms with Gasteiger partial charge >= 0.3 is 6.09 Å². The van der Waals surface area contributed by atoms with Gasteiger partial charge in [-0.2, -0.15) is 10.2 Å². The fraction of sp³-hybridized carbons (Fsp3) is 0.235. The molecule has 67 heavy (non-hydrogen) atoms. The van der Waals surface area contributed by atoms with Gasteiger partial charge in [0.15, 0.2) is 0 Å². The predicted octanol–water partition coefficient (Wildman–Crippen LogP) is 9.08. The molecule has 0 fully saturated rings. The lowest BCUT2D eigenvalue weighted by molar-refractivity contribution is 0.0487. The number of nitrogens with zero attached hydrogens (tertiary/aromatic N) is 6. The highest BCUT2D eigenvalue weighted by Crippen LogP contribution is 2.27. The summed E-state index contributed by atoms with van der Waals surface area (Å²) in [6, 6.07) is 27.4. The molecular formula is C51H52N12O4. The number of ether oxygens (including phenoxy) is 3. The maximum atomic E-state index is 12.6. The third-order valence-corrected chi connectivity index (χ3v) is 11.1. The minimum Gasteiger partial charge on any atom is -0.490 e. The number of para-hydroxylation sites is 2. The Morgan fingerprint density at radius 2 is 1.18 bits per heavy atom. The second-order valence-corrected chi connectivity index (χ2v) is 17.5. The summed E-state index contributed by atoms with van der Waals surface area (Å²) in [6.07, 6.45) is 11.7. The average molecular weight is 897 g/mol. The van der Waals surface area contributed by atoms with Crippen LogP contribution in [0.1, 0.15) is 43.3 Å². The number of carbonyl (C=O) groups excluding carboxylic acids is 1. The highest BCUT2D eigenvalue weighted by molar-refractivity contribution is 5.84. The van der Waals surface area contributed by atoms with Crippen LogP contribution >= 0.6 is 0 Å². The number of aromatic amines is 4. The molecular weight excluding hydrogens is 845 g/mol. The average Bonchev–Trinajstić information content (AvgIpc) is 4.13. The van der Waals surface area contributed by atoms with Crippen molar-refractivity contribution in [2.45, 2.75) is 65.1 Å². The van der Waals surface area contributed by atoms with Gasteiger partial charge in [0.2, 0.25) is 0 Å².